The van der Waals surface area contributed by atoms with Gasteiger partial charge in [-0.15, -0.1) is 0 Å². The van der Waals surface area contributed by atoms with Crippen molar-refractivity contribution in [1.29, 1.82) is 0 Å². The number of anilines is 1. The third kappa shape index (κ3) is 3.24. The van der Waals surface area contributed by atoms with Gasteiger partial charge in [-0.25, -0.2) is 4.68 Å². The van der Waals surface area contributed by atoms with E-state index in [1.54, 1.807) is 12.3 Å². The summed E-state index contributed by atoms with van der Waals surface area (Å²) in [5.74, 6) is -0.499. The van der Waals surface area contributed by atoms with E-state index in [1.807, 2.05) is 0 Å². The Morgan fingerprint density at radius 3 is 3.05 bits per heavy atom. The number of ether oxygens (including phenoxy) is 1. The Hall–Kier alpha value is -2.05. The zero-order valence-electron chi connectivity index (χ0n) is 10.1. The van der Waals surface area contributed by atoms with Crippen LogP contribution in [0.2, 0.25) is 5.02 Å². The fourth-order valence-electron chi connectivity index (χ4n) is 1.48. The first-order valence-electron chi connectivity index (χ1n) is 5.42. The number of nitrogens with zero attached hydrogens (tertiary/aromatic N) is 2. The quantitative estimate of drug-likeness (QED) is 0.842. The molecule has 1 heterocycles. The van der Waals surface area contributed by atoms with Gasteiger partial charge in [-0.1, -0.05) is 11.6 Å². The number of phenolic OH excluding ortho intramolecular Hbond substituents is 1. The van der Waals surface area contributed by atoms with E-state index in [0.717, 1.165) is 0 Å². The molecule has 0 atom stereocenters. The second-order valence-corrected chi connectivity index (χ2v) is 4.21. The van der Waals surface area contributed by atoms with Crippen LogP contribution >= 0.6 is 11.6 Å². The largest absolute Gasteiger partial charge is 0.506 e. The summed E-state index contributed by atoms with van der Waals surface area (Å²) in [7, 11) is 1.53. The molecule has 0 aliphatic heterocycles. The molecule has 0 fully saturated rings. The second kappa shape index (κ2) is 5.73. The number of benzene rings is 1. The van der Waals surface area contributed by atoms with E-state index in [4.69, 9.17) is 16.3 Å². The van der Waals surface area contributed by atoms with Gasteiger partial charge in [0.05, 0.1) is 5.69 Å². The lowest BCUT2D eigenvalue weighted by Crippen LogP contribution is -2.13. The van der Waals surface area contributed by atoms with Crippen LogP contribution < -0.4 is 5.32 Å². The summed E-state index contributed by atoms with van der Waals surface area (Å²) in [6.07, 6.45) is 1.62. The molecule has 1 amide bonds. The number of carbonyl (C=O) groups is 1. The molecule has 0 radical (unpaired) electrons. The van der Waals surface area contributed by atoms with Crippen molar-refractivity contribution in [3.05, 3.63) is 41.2 Å². The van der Waals surface area contributed by atoms with Crippen molar-refractivity contribution in [1.82, 2.24) is 9.78 Å². The summed E-state index contributed by atoms with van der Waals surface area (Å²) in [5.41, 5.74) is 0.454. The summed E-state index contributed by atoms with van der Waals surface area (Å²) in [5, 5.41) is 16.6. The highest BCUT2D eigenvalue weighted by atomic mass is 35.5. The second-order valence-electron chi connectivity index (χ2n) is 3.77. The van der Waals surface area contributed by atoms with Crippen LogP contribution in [0.15, 0.2) is 30.5 Å². The number of rotatable bonds is 4. The van der Waals surface area contributed by atoms with Crippen molar-refractivity contribution < 1.29 is 14.6 Å². The summed E-state index contributed by atoms with van der Waals surface area (Å²) in [6, 6.07) is 5.94. The van der Waals surface area contributed by atoms with Crippen LogP contribution in [-0.4, -0.2) is 27.9 Å². The lowest BCUT2D eigenvalue weighted by molar-refractivity contribution is 0.101. The SMILES string of the molecule is COCn1ccc(C(=O)Nc2cc(Cl)ccc2O)n1. The Labute approximate surface area is 114 Å². The Balaban J connectivity index is 2.13. The predicted octanol–water partition coefficient (Wildman–Crippen LogP) is 2.10. The molecule has 6 nitrogen and oxygen atoms in total. The van der Waals surface area contributed by atoms with Crippen LogP contribution in [0.25, 0.3) is 0 Å². The number of aromatic nitrogens is 2. The number of hydrogen-bond acceptors (Lipinski definition) is 4. The van der Waals surface area contributed by atoms with E-state index >= 15 is 0 Å². The molecule has 2 aromatic rings. The van der Waals surface area contributed by atoms with Gasteiger partial charge in [0.2, 0.25) is 0 Å². The first kappa shape index (κ1) is 13.4. The smallest absolute Gasteiger partial charge is 0.276 e. The molecule has 100 valence electrons. The molecule has 1 aromatic heterocycles. The van der Waals surface area contributed by atoms with E-state index in [0.29, 0.717) is 5.02 Å². The zero-order valence-corrected chi connectivity index (χ0v) is 10.9. The number of hydrogen-bond donors (Lipinski definition) is 2. The summed E-state index contributed by atoms with van der Waals surface area (Å²) < 4.78 is 6.36. The third-order valence-corrected chi connectivity index (χ3v) is 2.58. The molecule has 2 rings (SSSR count). The summed E-state index contributed by atoms with van der Waals surface area (Å²) >= 11 is 5.79. The van der Waals surface area contributed by atoms with Gasteiger partial charge in [0.15, 0.2) is 5.69 Å². The molecule has 0 spiro atoms. The van der Waals surface area contributed by atoms with E-state index in [-0.39, 0.29) is 23.9 Å². The van der Waals surface area contributed by atoms with E-state index in [2.05, 4.69) is 10.4 Å². The van der Waals surface area contributed by atoms with Crippen LogP contribution in [-0.2, 0) is 11.5 Å². The summed E-state index contributed by atoms with van der Waals surface area (Å²) in [6.45, 7) is 0.260. The molecule has 0 aliphatic carbocycles. The predicted molar refractivity (Wildman–Crippen MR) is 70.3 cm³/mol. The molecule has 0 unspecified atom stereocenters. The minimum Gasteiger partial charge on any atom is -0.506 e. The standard InChI is InChI=1S/C12H12ClN3O3/c1-19-7-16-5-4-9(15-16)12(18)14-10-6-8(13)2-3-11(10)17/h2-6,17H,7H2,1H3,(H,14,18). The maximum absolute atomic E-state index is 11.9. The van der Waals surface area contributed by atoms with Crippen molar-refractivity contribution >= 4 is 23.2 Å². The van der Waals surface area contributed by atoms with Gasteiger partial charge >= 0.3 is 0 Å². The van der Waals surface area contributed by atoms with Crippen LogP contribution in [0, 0.1) is 0 Å². The molecule has 19 heavy (non-hydrogen) atoms. The van der Waals surface area contributed by atoms with Gasteiger partial charge in [0.25, 0.3) is 5.91 Å². The molecular weight excluding hydrogens is 270 g/mol. The average molecular weight is 282 g/mol. The minimum atomic E-state index is -0.438. The summed E-state index contributed by atoms with van der Waals surface area (Å²) in [4.78, 5) is 11.9. The van der Waals surface area contributed by atoms with Crippen molar-refractivity contribution in [2.45, 2.75) is 6.73 Å². The number of carbonyl (C=O) groups excluding carboxylic acids is 1. The van der Waals surface area contributed by atoms with E-state index in [9.17, 15) is 9.90 Å². The number of amides is 1. The van der Waals surface area contributed by atoms with Gasteiger partial charge in [-0.3, -0.25) is 4.79 Å². The minimum absolute atomic E-state index is 0.0610. The zero-order chi connectivity index (χ0) is 13.8. The molecule has 1 aromatic carbocycles. The molecule has 0 saturated heterocycles. The van der Waals surface area contributed by atoms with Gasteiger partial charge in [0.1, 0.15) is 12.5 Å². The lowest BCUT2D eigenvalue weighted by atomic mass is 10.3. The molecule has 0 saturated carbocycles. The number of halogens is 1. The Morgan fingerprint density at radius 1 is 1.53 bits per heavy atom. The highest BCUT2D eigenvalue weighted by molar-refractivity contribution is 6.31. The van der Waals surface area contributed by atoms with Gasteiger partial charge in [-0.05, 0) is 24.3 Å². The monoisotopic (exact) mass is 281 g/mol. The van der Waals surface area contributed by atoms with Crippen LogP contribution in [0.1, 0.15) is 10.5 Å². The third-order valence-electron chi connectivity index (χ3n) is 2.34. The molecule has 0 aliphatic rings. The molecule has 7 heteroatoms. The Bertz CT molecular complexity index is 598. The maximum Gasteiger partial charge on any atom is 0.276 e. The number of methoxy groups -OCH3 is 1. The highest BCUT2D eigenvalue weighted by Gasteiger charge is 2.12. The Morgan fingerprint density at radius 2 is 2.32 bits per heavy atom. The Kier molecular flexibility index (Phi) is 4.03. The first-order valence-corrected chi connectivity index (χ1v) is 5.80. The van der Waals surface area contributed by atoms with Crippen molar-refractivity contribution in [3.8, 4) is 5.75 Å². The lowest BCUT2D eigenvalue weighted by Gasteiger charge is -2.06. The fraction of sp³-hybridized carbons (Fsp3) is 0.167. The highest BCUT2D eigenvalue weighted by Crippen LogP contribution is 2.26. The van der Waals surface area contributed by atoms with Crippen molar-refractivity contribution in [3.63, 3.8) is 0 Å². The van der Waals surface area contributed by atoms with Crippen LogP contribution in [0.5, 0.6) is 5.75 Å². The average Bonchev–Trinajstić information content (AvgIpc) is 2.83. The van der Waals surface area contributed by atoms with Crippen LogP contribution in [0.4, 0.5) is 5.69 Å². The number of aromatic hydroxyl groups is 1. The maximum atomic E-state index is 11.9. The number of phenols is 1. The van der Waals surface area contributed by atoms with Gasteiger partial charge in [-0.2, -0.15) is 5.10 Å². The topological polar surface area (TPSA) is 76.4 Å². The normalized spacial score (nSPS) is 10.4. The molecule has 0 bridgehead atoms. The van der Waals surface area contributed by atoms with E-state index < -0.39 is 5.91 Å². The first-order chi connectivity index (χ1) is 9.10. The van der Waals surface area contributed by atoms with Crippen LogP contribution in [0.3, 0.4) is 0 Å². The van der Waals surface area contributed by atoms with Crippen molar-refractivity contribution in [2.75, 3.05) is 12.4 Å². The van der Waals surface area contributed by atoms with Gasteiger partial charge < -0.3 is 15.2 Å². The van der Waals surface area contributed by atoms with E-state index in [1.165, 1.54) is 30.0 Å². The molecule has 2 N–H and O–H groups in total. The van der Waals surface area contributed by atoms with Crippen molar-refractivity contribution in [2.24, 2.45) is 0 Å². The number of nitrogens with one attached hydrogen (secondary N) is 1. The molecular formula is C12H12ClN3O3. The van der Waals surface area contributed by atoms with Gasteiger partial charge in [0, 0.05) is 18.3 Å². The fourth-order valence-corrected chi connectivity index (χ4v) is 1.65.